The van der Waals surface area contributed by atoms with Gasteiger partial charge in [-0.3, -0.25) is 0 Å². The summed E-state index contributed by atoms with van der Waals surface area (Å²) in [6, 6.07) is 2.28. The van der Waals surface area contributed by atoms with Crippen molar-refractivity contribution >= 4 is 27.5 Å². The number of hydrogen-bond acceptors (Lipinski definition) is 3. The monoisotopic (exact) mass is 261 g/mol. The van der Waals surface area contributed by atoms with E-state index in [1.54, 1.807) is 0 Å². The van der Waals surface area contributed by atoms with Crippen LogP contribution in [0.15, 0.2) is 10.5 Å². The molecule has 0 spiro atoms. The number of hydrogen-bond donors (Lipinski definition) is 1. The molecule has 13 heavy (non-hydrogen) atoms. The van der Waals surface area contributed by atoms with E-state index in [2.05, 4.69) is 31.4 Å². The molecule has 0 saturated carbocycles. The van der Waals surface area contributed by atoms with Gasteiger partial charge in [-0.05, 0) is 41.4 Å². The predicted octanol–water partition coefficient (Wildman–Crippen LogP) is 2.32. The van der Waals surface area contributed by atoms with Crippen molar-refractivity contribution < 1.29 is 0 Å². The summed E-state index contributed by atoms with van der Waals surface area (Å²) in [6.45, 7) is 1.06. The summed E-state index contributed by atoms with van der Waals surface area (Å²) in [5, 5.41) is 11.7. The third-order valence-electron chi connectivity index (χ3n) is 2.14. The minimum atomic E-state index is 0.348. The molecule has 1 aromatic heterocycles. The van der Waals surface area contributed by atoms with Crippen LogP contribution >= 0.6 is 27.5 Å². The van der Waals surface area contributed by atoms with Crippen LogP contribution in [0.5, 0.6) is 0 Å². The number of aromatic nitrogens is 2. The number of halogens is 2. The van der Waals surface area contributed by atoms with Gasteiger partial charge >= 0.3 is 0 Å². The SMILES string of the molecule is Clc1nnc(C2CCCN2)cc1Br. The summed E-state index contributed by atoms with van der Waals surface area (Å²) in [4.78, 5) is 0. The topological polar surface area (TPSA) is 37.8 Å². The predicted molar refractivity (Wildman–Crippen MR) is 54.7 cm³/mol. The van der Waals surface area contributed by atoms with Gasteiger partial charge in [-0.15, -0.1) is 5.10 Å². The summed E-state index contributed by atoms with van der Waals surface area (Å²) in [7, 11) is 0. The molecule has 1 saturated heterocycles. The fourth-order valence-electron chi connectivity index (χ4n) is 1.47. The highest BCUT2D eigenvalue weighted by molar-refractivity contribution is 9.10. The molecule has 1 unspecified atom stereocenters. The molecule has 0 bridgehead atoms. The molecule has 3 nitrogen and oxygen atoms in total. The lowest BCUT2D eigenvalue weighted by molar-refractivity contribution is 0.616. The molecule has 1 aliphatic heterocycles. The summed E-state index contributed by atoms with van der Waals surface area (Å²) in [6.07, 6.45) is 2.33. The average molecular weight is 263 g/mol. The molecule has 0 radical (unpaired) electrons. The zero-order valence-electron chi connectivity index (χ0n) is 6.93. The first-order chi connectivity index (χ1) is 6.27. The maximum atomic E-state index is 5.75. The lowest BCUT2D eigenvalue weighted by Gasteiger charge is -2.08. The largest absolute Gasteiger partial charge is 0.309 e. The van der Waals surface area contributed by atoms with Gasteiger partial charge in [0, 0.05) is 0 Å². The molecule has 1 aliphatic rings. The van der Waals surface area contributed by atoms with E-state index in [1.165, 1.54) is 6.42 Å². The summed E-state index contributed by atoms with van der Waals surface area (Å²) < 4.78 is 0.813. The van der Waals surface area contributed by atoms with Crippen LogP contribution in [0, 0.1) is 0 Å². The number of nitrogens with zero attached hydrogens (tertiary/aromatic N) is 2. The Morgan fingerprint density at radius 3 is 3.00 bits per heavy atom. The fourth-order valence-corrected chi connectivity index (χ4v) is 1.88. The van der Waals surface area contributed by atoms with Crippen molar-refractivity contribution in [3.8, 4) is 0 Å². The Balaban J connectivity index is 2.25. The molecule has 1 atom stereocenters. The maximum Gasteiger partial charge on any atom is 0.165 e. The van der Waals surface area contributed by atoms with Crippen LogP contribution < -0.4 is 5.32 Å². The quantitative estimate of drug-likeness (QED) is 0.844. The minimum Gasteiger partial charge on any atom is -0.309 e. The van der Waals surface area contributed by atoms with E-state index in [-0.39, 0.29) is 0 Å². The van der Waals surface area contributed by atoms with Gasteiger partial charge in [-0.1, -0.05) is 11.6 Å². The van der Waals surface area contributed by atoms with Gasteiger partial charge in [-0.2, -0.15) is 5.10 Å². The molecular weight excluding hydrogens is 253 g/mol. The van der Waals surface area contributed by atoms with Crippen LogP contribution in [0.2, 0.25) is 5.15 Å². The second kappa shape index (κ2) is 3.90. The Bertz CT molecular complexity index is 312. The van der Waals surface area contributed by atoms with Crippen molar-refractivity contribution in [3.63, 3.8) is 0 Å². The van der Waals surface area contributed by atoms with E-state index >= 15 is 0 Å². The molecule has 0 amide bonds. The van der Waals surface area contributed by atoms with Gasteiger partial charge in [0.05, 0.1) is 16.2 Å². The zero-order chi connectivity index (χ0) is 9.26. The highest BCUT2D eigenvalue weighted by atomic mass is 79.9. The van der Waals surface area contributed by atoms with Crippen molar-refractivity contribution in [2.45, 2.75) is 18.9 Å². The van der Waals surface area contributed by atoms with E-state index in [4.69, 9.17) is 11.6 Å². The highest BCUT2D eigenvalue weighted by Gasteiger charge is 2.18. The van der Waals surface area contributed by atoms with Crippen molar-refractivity contribution in [3.05, 3.63) is 21.4 Å². The van der Waals surface area contributed by atoms with Gasteiger partial charge in [0.1, 0.15) is 0 Å². The van der Waals surface area contributed by atoms with Crippen molar-refractivity contribution in [2.24, 2.45) is 0 Å². The number of nitrogens with one attached hydrogen (secondary N) is 1. The second-order valence-corrected chi connectivity index (χ2v) is 4.27. The number of rotatable bonds is 1. The van der Waals surface area contributed by atoms with E-state index in [0.717, 1.165) is 23.1 Å². The molecule has 0 aromatic carbocycles. The summed E-state index contributed by atoms with van der Waals surface area (Å²) in [5.41, 5.74) is 0.966. The molecule has 70 valence electrons. The molecule has 0 aliphatic carbocycles. The van der Waals surface area contributed by atoms with E-state index in [0.29, 0.717) is 11.2 Å². The van der Waals surface area contributed by atoms with Crippen LogP contribution in [-0.2, 0) is 0 Å². The smallest absolute Gasteiger partial charge is 0.165 e. The molecular formula is C8H9BrClN3. The highest BCUT2D eigenvalue weighted by Crippen LogP contribution is 2.25. The van der Waals surface area contributed by atoms with Gasteiger partial charge in [0.2, 0.25) is 0 Å². The third-order valence-corrected chi connectivity index (χ3v) is 3.25. The standard InChI is InChI=1S/C8H9BrClN3/c9-5-4-7(12-13-8(5)10)6-2-1-3-11-6/h4,6,11H,1-3H2. The van der Waals surface area contributed by atoms with Crippen molar-refractivity contribution in [1.29, 1.82) is 0 Å². The Labute approximate surface area is 90.0 Å². The van der Waals surface area contributed by atoms with Crippen LogP contribution in [-0.4, -0.2) is 16.7 Å². The van der Waals surface area contributed by atoms with E-state index in [1.807, 2.05) is 6.07 Å². The molecule has 5 heteroatoms. The Morgan fingerprint density at radius 2 is 2.38 bits per heavy atom. The molecule has 1 N–H and O–H groups in total. The first-order valence-electron chi connectivity index (χ1n) is 4.19. The summed E-state index contributed by atoms with van der Waals surface area (Å²) in [5.74, 6) is 0. The van der Waals surface area contributed by atoms with Crippen LogP contribution in [0.4, 0.5) is 0 Å². The van der Waals surface area contributed by atoms with Crippen LogP contribution in [0.3, 0.4) is 0 Å². The average Bonchev–Trinajstić information content (AvgIpc) is 2.62. The van der Waals surface area contributed by atoms with E-state index in [9.17, 15) is 0 Å². The van der Waals surface area contributed by atoms with Gasteiger partial charge in [0.25, 0.3) is 0 Å². The lowest BCUT2D eigenvalue weighted by Crippen LogP contribution is -2.14. The Morgan fingerprint density at radius 1 is 1.54 bits per heavy atom. The zero-order valence-corrected chi connectivity index (χ0v) is 9.27. The van der Waals surface area contributed by atoms with Gasteiger partial charge < -0.3 is 5.32 Å². The van der Waals surface area contributed by atoms with Crippen LogP contribution in [0.1, 0.15) is 24.6 Å². The van der Waals surface area contributed by atoms with E-state index < -0.39 is 0 Å². The third kappa shape index (κ3) is 2.00. The molecule has 2 heterocycles. The van der Waals surface area contributed by atoms with Crippen LogP contribution in [0.25, 0.3) is 0 Å². The fraction of sp³-hybridized carbons (Fsp3) is 0.500. The Hall–Kier alpha value is -0.190. The van der Waals surface area contributed by atoms with Gasteiger partial charge in [-0.25, -0.2) is 0 Å². The lowest BCUT2D eigenvalue weighted by atomic mass is 10.1. The minimum absolute atomic E-state index is 0.348. The first-order valence-corrected chi connectivity index (χ1v) is 5.36. The summed E-state index contributed by atoms with van der Waals surface area (Å²) >= 11 is 9.08. The van der Waals surface area contributed by atoms with Crippen molar-refractivity contribution in [2.75, 3.05) is 6.54 Å². The first kappa shape index (κ1) is 9.37. The molecule has 2 rings (SSSR count). The normalized spacial score (nSPS) is 22.2. The molecule has 1 fully saturated rings. The van der Waals surface area contributed by atoms with Crippen molar-refractivity contribution in [1.82, 2.24) is 15.5 Å². The maximum absolute atomic E-state index is 5.75. The molecule has 1 aromatic rings. The Kier molecular flexibility index (Phi) is 2.81. The van der Waals surface area contributed by atoms with Gasteiger partial charge in [0.15, 0.2) is 5.15 Å². The second-order valence-electron chi connectivity index (χ2n) is 3.06.